The summed E-state index contributed by atoms with van der Waals surface area (Å²) in [6, 6.07) is 0. The molecule has 2 aromatic rings. The molecule has 5 rings (SSSR count). The maximum absolute atomic E-state index is 12.5. The van der Waals surface area contributed by atoms with E-state index in [2.05, 4.69) is 19.6 Å². The average Bonchev–Trinajstić information content (AvgIpc) is 3.21. The van der Waals surface area contributed by atoms with Gasteiger partial charge in [-0.2, -0.15) is 0 Å². The van der Waals surface area contributed by atoms with Gasteiger partial charge in [0.2, 0.25) is 0 Å². The van der Waals surface area contributed by atoms with Crippen LogP contribution < -0.4 is 5.56 Å². The smallest absolute Gasteiger partial charge is 0.254 e. The molecule has 0 bridgehead atoms. The second-order valence-electron chi connectivity index (χ2n) is 7.68. The maximum Gasteiger partial charge on any atom is 0.254 e. The van der Waals surface area contributed by atoms with Gasteiger partial charge in [0.25, 0.3) is 5.56 Å². The van der Waals surface area contributed by atoms with E-state index in [1.165, 1.54) is 42.8 Å². The van der Waals surface area contributed by atoms with Crippen molar-refractivity contribution < 1.29 is 0 Å². The van der Waals surface area contributed by atoms with E-state index in [1.807, 2.05) is 6.20 Å². The monoisotopic (exact) mass is 342 g/mol. The van der Waals surface area contributed by atoms with Crippen molar-refractivity contribution in [3.05, 3.63) is 44.6 Å². The molecular formula is C18H22N4OS. The number of fused-ring (bicyclic) bond motifs is 2. The first kappa shape index (κ1) is 14.8. The number of nitrogens with zero attached hydrogens (tertiary/aromatic N) is 3. The lowest BCUT2D eigenvalue weighted by atomic mass is 9.77. The summed E-state index contributed by atoms with van der Waals surface area (Å²) in [5.41, 5.74) is 3.60. The van der Waals surface area contributed by atoms with Gasteiger partial charge in [-0.25, -0.2) is 9.36 Å². The maximum atomic E-state index is 12.5. The van der Waals surface area contributed by atoms with E-state index < -0.39 is 0 Å². The molecule has 2 fully saturated rings. The summed E-state index contributed by atoms with van der Waals surface area (Å²) in [6.07, 6.45) is 8.63. The number of H-pyrrole nitrogens is 1. The van der Waals surface area contributed by atoms with Crippen molar-refractivity contribution in [3.63, 3.8) is 0 Å². The lowest BCUT2D eigenvalue weighted by Crippen LogP contribution is -2.45. The van der Waals surface area contributed by atoms with E-state index in [0.29, 0.717) is 5.92 Å². The summed E-state index contributed by atoms with van der Waals surface area (Å²) in [5, 5.41) is 2.14. The van der Waals surface area contributed by atoms with Crippen LogP contribution in [0.3, 0.4) is 0 Å². The zero-order chi connectivity index (χ0) is 16.1. The minimum atomic E-state index is 0.0922. The van der Waals surface area contributed by atoms with E-state index in [4.69, 9.17) is 4.98 Å². The van der Waals surface area contributed by atoms with Gasteiger partial charge >= 0.3 is 0 Å². The average molecular weight is 342 g/mol. The molecule has 24 heavy (non-hydrogen) atoms. The zero-order valence-corrected chi connectivity index (χ0v) is 14.6. The van der Waals surface area contributed by atoms with Gasteiger partial charge < -0.3 is 4.98 Å². The Morgan fingerprint density at radius 3 is 3.08 bits per heavy atom. The Kier molecular flexibility index (Phi) is 3.38. The van der Waals surface area contributed by atoms with Crippen LogP contribution in [-0.2, 0) is 18.4 Å². The molecule has 1 N–H and O–H groups in total. The molecule has 3 heterocycles. The van der Waals surface area contributed by atoms with Gasteiger partial charge in [-0.1, -0.05) is 0 Å². The molecule has 0 amide bonds. The van der Waals surface area contributed by atoms with Crippen molar-refractivity contribution >= 4 is 11.5 Å². The lowest BCUT2D eigenvalue weighted by molar-refractivity contribution is 0.136. The van der Waals surface area contributed by atoms with Crippen LogP contribution in [0.2, 0.25) is 0 Å². The topological polar surface area (TPSA) is 61.9 Å². The van der Waals surface area contributed by atoms with Crippen molar-refractivity contribution in [1.82, 2.24) is 19.2 Å². The first-order valence-corrected chi connectivity index (χ1v) is 9.81. The molecule has 5 nitrogen and oxygen atoms in total. The Balaban J connectivity index is 1.47. The van der Waals surface area contributed by atoms with Crippen molar-refractivity contribution in [3.8, 4) is 0 Å². The van der Waals surface area contributed by atoms with Crippen molar-refractivity contribution in [2.45, 2.75) is 56.4 Å². The van der Waals surface area contributed by atoms with Gasteiger partial charge in [-0.3, -0.25) is 9.69 Å². The Morgan fingerprint density at radius 1 is 1.38 bits per heavy atom. The van der Waals surface area contributed by atoms with Crippen LogP contribution in [0.1, 0.15) is 60.7 Å². The number of hydrogen-bond acceptors (Lipinski definition) is 5. The fourth-order valence-electron chi connectivity index (χ4n) is 4.54. The van der Waals surface area contributed by atoms with Gasteiger partial charge in [0, 0.05) is 41.6 Å². The quantitative estimate of drug-likeness (QED) is 0.931. The van der Waals surface area contributed by atoms with Crippen LogP contribution in [0, 0.1) is 0 Å². The van der Waals surface area contributed by atoms with Crippen LogP contribution in [0.25, 0.3) is 0 Å². The standard InChI is InChI=1S/C18H22N4OS/c23-17-14-4-6-18(15(14)20-16(21-17)13-2-3-13)5-1-7-22(11-18)9-12-8-19-24-10-12/h8,10,13H,1-7,9,11H2,(H,20,21,23). The number of piperidine rings is 1. The van der Waals surface area contributed by atoms with Crippen LogP contribution >= 0.6 is 11.5 Å². The summed E-state index contributed by atoms with van der Waals surface area (Å²) in [6.45, 7) is 3.12. The first-order chi connectivity index (χ1) is 11.7. The van der Waals surface area contributed by atoms with Crippen LogP contribution in [-0.4, -0.2) is 32.3 Å². The molecule has 1 saturated heterocycles. The molecule has 6 heteroatoms. The van der Waals surface area contributed by atoms with Gasteiger partial charge in [0.05, 0.1) is 5.69 Å². The Labute approximate surface area is 145 Å². The van der Waals surface area contributed by atoms with Crippen molar-refractivity contribution in [1.29, 1.82) is 0 Å². The Bertz CT molecular complexity index is 811. The summed E-state index contributed by atoms with van der Waals surface area (Å²) in [5.74, 6) is 1.44. The molecule has 0 aromatic carbocycles. The largest absolute Gasteiger partial charge is 0.310 e. The normalized spacial score (nSPS) is 26.8. The molecule has 0 radical (unpaired) electrons. The van der Waals surface area contributed by atoms with Crippen molar-refractivity contribution in [2.24, 2.45) is 0 Å². The minimum absolute atomic E-state index is 0.0922. The van der Waals surface area contributed by atoms with E-state index >= 15 is 0 Å². The summed E-state index contributed by atoms with van der Waals surface area (Å²) in [4.78, 5) is 23.1. The van der Waals surface area contributed by atoms with Crippen molar-refractivity contribution in [2.75, 3.05) is 13.1 Å². The molecule has 2 aromatic heterocycles. The third kappa shape index (κ3) is 2.43. The fourth-order valence-corrected chi connectivity index (χ4v) is 5.07. The molecule has 1 atom stereocenters. The Hall–Kier alpha value is -1.53. The predicted octanol–water partition coefficient (Wildman–Crippen LogP) is 2.58. The van der Waals surface area contributed by atoms with Gasteiger partial charge in [0.1, 0.15) is 5.82 Å². The summed E-state index contributed by atoms with van der Waals surface area (Å²) >= 11 is 1.52. The number of aromatic amines is 1. The van der Waals surface area contributed by atoms with E-state index in [0.717, 1.165) is 49.6 Å². The third-order valence-corrected chi connectivity index (χ3v) is 6.53. The molecule has 1 aliphatic heterocycles. The highest BCUT2D eigenvalue weighted by Crippen LogP contribution is 2.45. The second kappa shape index (κ2) is 5.49. The highest BCUT2D eigenvalue weighted by Gasteiger charge is 2.45. The van der Waals surface area contributed by atoms with E-state index in [-0.39, 0.29) is 11.0 Å². The highest BCUT2D eigenvalue weighted by molar-refractivity contribution is 7.03. The van der Waals surface area contributed by atoms with Crippen LogP contribution in [0.4, 0.5) is 0 Å². The first-order valence-electron chi connectivity index (χ1n) is 8.98. The molecule has 2 aliphatic carbocycles. The molecule has 1 unspecified atom stereocenters. The predicted molar refractivity (Wildman–Crippen MR) is 93.5 cm³/mol. The number of nitrogens with one attached hydrogen (secondary N) is 1. The summed E-state index contributed by atoms with van der Waals surface area (Å²) in [7, 11) is 0. The molecule has 1 spiro atoms. The Morgan fingerprint density at radius 2 is 2.29 bits per heavy atom. The third-order valence-electron chi connectivity index (χ3n) is 5.90. The lowest BCUT2D eigenvalue weighted by Gasteiger charge is -2.40. The highest BCUT2D eigenvalue weighted by atomic mass is 32.1. The second-order valence-corrected chi connectivity index (χ2v) is 8.34. The number of hydrogen-bond donors (Lipinski definition) is 1. The van der Waals surface area contributed by atoms with Gasteiger partial charge in [-0.15, -0.1) is 0 Å². The molecular weight excluding hydrogens is 320 g/mol. The SMILES string of the molecule is O=c1[nH]c(C2CC2)nc2c1CCC21CCCN(Cc2cnsc2)C1. The fraction of sp³-hybridized carbons (Fsp3) is 0.611. The van der Waals surface area contributed by atoms with Gasteiger partial charge in [-0.05, 0) is 62.2 Å². The van der Waals surface area contributed by atoms with E-state index in [9.17, 15) is 4.79 Å². The molecule has 1 saturated carbocycles. The number of likely N-dealkylation sites (tertiary alicyclic amines) is 1. The summed E-state index contributed by atoms with van der Waals surface area (Å²) < 4.78 is 4.22. The molecule has 3 aliphatic rings. The minimum Gasteiger partial charge on any atom is -0.310 e. The zero-order valence-electron chi connectivity index (χ0n) is 13.8. The number of rotatable bonds is 3. The van der Waals surface area contributed by atoms with Gasteiger partial charge in [0.15, 0.2) is 0 Å². The molecule has 126 valence electrons. The van der Waals surface area contributed by atoms with Crippen LogP contribution in [0.5, 0.6) is 0 Å². The number of aromatic nitrogens is 3. The van der Waals surface area contributed by atoms with Crippen LogP contribution in [0.15, 0.2) is 16.4 Å². The van der Waals surface area contributed by atoms with E-state index in [1.54, 1.807) is 0 Å².